The minimum Gasteiger partial charge on any atom is -0.460 e. The van der Waals surface area contributed by atoms with Crippen LogP contribution in [0.25, 0.3) is 0 Å². The predicted octanol–water partition coefficient (Wildman–Crippen LogP) is 4.67. The highest BCUT2D eigenvalue weighted by Gasteiger charge is 2.46. The number of benzene rings is 1. The lowest BCUT2D eigenvalue weighted by Gasteiger charge is -2.31. The molecule has 156 valence electrons. The molecule has 0 aliphatic heterocycles. The third-order valence-corrected chi connectivity index (χ3v) is 5.25. The average molecular weight is 391 g/mol. The Bertz CT molecular complexity index is 626. The maximum Gasteiger partial charge on any atom is 0.312 e. The van der Waals surface area contributed by atoms with E-state index in [2.05, 4.69) is 0 Å². The molecule has 0 amide bonds. The van der Waals surface area contributed by atoms with Crippen LogP contribution in [-0.2, 0) is 30.4 Å². The van der Waals surface area contributed by atoms with E-state index < -0.39 is 11.0 Å². The molecule has 0 spiro atoms. The standard InChI is InChI=1S/C23H34O5/c1-22(2,3)28-20(24)19(12-15-26-4)16-23(13-8-9-14-23)21(25)27-17-18-10-6-5-7-11-18/h5-7,10-11,19H,8-9,12-17H2,1-4H3/t19-/m1/s1. The molecule has 0 heterocycles. The summed E-state index contributed by atoms with van der Waals surface area (Å²) >= 11 is 0. The molecule has 1 aromatic rings. The lowest BCUT2D eigenvalue weighted by atomic mass is 9.76. The summed E-state index contributed by atoms with van der Waals surface area (Å²) in [4.78, 5) is 25.8. The molecule has 1 saturated carbocycles. The smallest absolute Gasteiger partial charge is 0.312 e. The van der Waals surface area contributed by atoms with Crippen LogP contribution in [0.5, 0.6) is 0 Å². The molecule has 5 heteroatoms. The number of carbonyl (C=O) groups excluding carboxylic acids is 2. The van der Waals surface area contributed by atoms with Crippen LogP contribution in [0.4, 0.5) is 0 Å². The molecule has 0 bridgehead atoms. The van der Waals surface area contributed by atoms with E-state index in [1.807, 2.05) is 51.1 Å². The minimum atomic E-state index is -0.607. The highest BCUT2D eigenvalue weighted by atomic mass is 16.6. The fourth-order valence-corrected chi connectivity index (χ4v) is 3.84. The molecule has 0 N–H and O–H groups in total. The molecule has 2 rings (SSSR count). The van der Waals surface area contributed by atoms with Crippen LogP contribution in [0.3, 0.4) is 0 Å². The van der Waals surface area contributed by atoms with Gasteiger partial charge in [0.05, 0.1) is 11.3 Å². The number of hydrogen-bond donors (Lipinski definition) is 0. The van der Waals surface area contributed by atoms with Crippen LogP contribution in [0, 0.1) is 11.3 Å². The van der Waals surface area contributed by atoms with Gasteiger partial charge in [0, 0.05) is 13.7 Å². The second-order valence-electron chi connectivity index (χ2n) is 8.77. The number of carbonyl (C=O) groups is 2. The van der Waals surface area contributed by atoms with E-state index in [9.17, 15) is 9.59 Å². The molecule has 1 aromatic carbocycles. The van der Waals surface area contributed by atoms with Gasteiger partial charge in [-0.1, -0.05) is 43.2 Å². The monoisotopic (exact) mass is 390 g/mol. The summed E-state index contributed by atoms with van der Waals surface area (Å²) < 4.78 is 16.5. The molecule has 0 unspecified atom stereocenters. The van der Waals surface area contributed by atoms with E-state index in [1.54, 1.807) is 7.11 Å². The number of ether oxygens (including phenoxy) is 3. The summed E-state index contributed by atoms with van der Waals surface area (Å²) in [7, 11) is 1.62. The van der Waals surface area contributed by atoms with E-state index in [1.165, 1.54) is 0 Å². The predicted molar refractivity (Wildman–Crippen MR) is 108 cm³/mol. The summed E-state index contributed by atoms with van der Waals surface area (Å²) in [5.41, 5.74) is -0.199. The Morgan fingerprint density at radius 2 is 1.75 bits per heavy atom. The molecule has 1 atom stereocenters. The zero-order chi connectivity index (χ0) is 20.6. The van der Waals surface area contributed by atoms with Gasteiger partial charge in [-0.3, -0.25) is 9.59 Å². The van der Waals surface area contributed by atoms with Crippen molar-refractivity contribution in [3.63, 3.8) is 0 Å². The molecule has 0 aromatic heterocycles. The molecule has 5 nitrogen and oxygen atoms in total. The molecular weight excluding hydrogens is 356 g/mol. The molecule has 0 saturated heterocycles. The van der Waals surface area contributed by atoms with Gasteiger partial charge in [0.2, 0.25) is 0 Å². The first-order valence-corrected chi connectivity index (χ1v) is 10.2. The van der Waals surface area contributed by atoms with Crippen molar-refractivity contribution >= 4 is 11.9 Å². The number of hydrogen-bond acceptors (Lipinski definition) is 5. The Labute approximate surface area is 168 Å². The molecule has 28 heavy (non-hydrogen) atoms. The number of esters is 2. The van der Waals surface area contributed by atoms with Gasteiger partial charge < -0.3 is 14.2 Å². The van der Waals surface area contributed by atoms with Crippen molar-refractivity contribution in [2.75, 3.05) is 13.7 Å². The highest BCUT2D eigenvalue weighted by molar-refractivity contribution is 5.79. The normalized spacial score (nSPS) is 17.1. The fraction of sp³-hybridized carbons (Fsp3) is 0.652. The Morgan fingerprint density at radius 1 is 1.11 bits per heavy atom. The van der Waals surface area contributed by atoms with Crippen molar-refractivity contribution in [2.24, 2.45) is 11.3 Å². The summed E-state index contributed by atoms with van der Waals surface area (Å²) in [6.07, 6.45) is 4.47. The molecule has 1 fully saturated rings. The first-order chi connectivity index (χ1) is 13.3. The van der Waals surface area contributed by atoms with Crippen LogP contribution in [-0.4, -0.2) is 31.3 Å². The van der Waals surface area contributed by atoms with Crippen LogP contribution in [0.15, 0.2) is 30.3 Å². The Balaban J connectivity index is 2.09. The molecule has 1 aliphatic rings. The third kappa shape index (κ3) is 6.62. The SMILES string of the molecule is COCC[C@H](CC1(C(=O)OCc2ccccc2)CCCC1)C(=O)OC(C)(C)C. The number of methoxy groups -OCH3 is 1. The summed E-state index contributed by atoms with van der Waals surface area (Å²) in [6.45, 7) is 6.29. The van der Waals surface area contributed by atoms with Crippen molar-refractivity contribution in [3.8, 4) is 0 Å². The van der Waals surface area contributed by atoms with Gasteiger partial charge in [-0.05, 0) is 52.0 Å². The van der Waals surface area contributed by atoms with Crippen molar-refractivity contribution < 1.29 is 23.8 Å². The summed E-state index contributed by atoms with van der Waals surface area (Å²) in [5, 5.41) is 0. The maximum absolute atomic E-state index is 13.1. The first kappa shape index (κ1) is 22.4. The van der Waals surface area contributed by atoms with Crippen molar-refractivity contribution in [2.45, 2.75) is 71.5 Å². The summed E-state index contributed by atoms with van der Waals surface area (Å²) in [6, 6.07) is 9.67. The van der Waals surface area contributed by atoms with Gasteiger partial charge in [0.25, 0.3) is 0 Å². The van der Waals surface area contributed by atoms with E-state index in [4.69, 9.17) is 14.2 Å². The topological polar surface area (TPSA) is 61.8 Å². The van der Waals surface area contributed by atoms with Crippen molar-refractivity contribution in [1.82, 2.24) is 0 Å². The molecular formula is C23H34O5. The van der Waals surface area contributed by atoms with E-state index in [0.717, 1.165) is 31.2 Å². The third-order valence-electron chi connectivity index (χ3n) is 5.25. The van der Waals surface area contributed by atoms with Gasteiger partial charge in [-0.2, -0.15) is 0 Å². The van der Waals surface area contributed by atoms with Gasteiger partial charge in [-0.15, -0.1) is 0 Å². The van der Waals surface area contributed by atoms with Gasteiger partial charge in [0.15, 0.2) is 0 Å². The second kappa shape index (κ2) is 10.1. The van der Waals surface area contributed by atoms with E-state index >= 15 is 0 Å². The van der Waals surface area contributed by atoms with Gasteiger partial charge >= 0.3 is 11.9 Å². The summed E-state index contributed by atoms with van der Waals surface area (Å²) in [5.74, 6) is -0.826. The second-order valence-corrected chi connectivity index (χ2v) is 8.77. The minimum absolute atomic E-state index is 0.195. The van der Waals surface area contributed by atoms with E-state index in [-0.39, 0.29) is 24.5 Å². The average Bonchev–Trinajstić information content (AvgIpc) is 3.12. The van der Waals surface area contributed by atoms with Gasteiger partial charge in [-0.25, -0.2) is 0 Å². The highest BCUT2D eigenvalue weighted by Crippen LogP contribution is 2.45. The lowest BCUT2D eigenvalue weighted by Crippen LogP contribution is -2.37. The first-order valence-electron chi connectivity index (χ1n) is 10.2. The van der Waals surface area contributed by atoms with E-state index in [0.29, 0.717) is 19.4 Å². The fourth-order valence-electron chi connectivity index (χ4n) is 3.84. The molecule has 1 aliphatic carbocycles. The Morgan fingerprint density at radius 3 is 2.32 bits per heavy atom. The number of rotatable bonds is 9. The zero-order valence-electron chi connectivity index (χ0n) is 17.7. The largest absolute Gasteiger partial charge is 0.460 e. The van der Waals surface area contributed by atoms with Crippen molar-refractivity contribution in [3.05, 3.63) is 35.9 Å². The zero-order valence-corrected chi connectivity index (χ0v) is 17.7. The van der Waals surface area contributed by atoms with Gasteiger partial charge in [0.1, 0.15) is 12.2 Å². The Kier molecular flexibility index (Phi) is 8.05. The lowest BCUT2D eigenvalue weighted by molar-refractivity contribution is -0.166. The quantitative estimate of drug-likeness (QED) is 0.573. The van der Waals surface area contributed by atoms with Crippen LogP contribution in [0.2, 0.25) is 0 Å². The van der Waals surface area contributed by atoms with Crippen LogP contribution in [0.1, 0.15) is 64.9 Å². The van der Waals surface area contributed by atoms with Crippen LogP contribution >= 0.6 is 0 Å². The Hall–Kier alpha value is -1.88. The van der Waals surface area contributed by atoms with Crippen molar-refractivity contribution in [1.29, 1.82) is 0 Å². The maximum atomic E-state index is 13.1. The van der Waals surface area contributed by atoms with Crippen LogP contribution < -0.4 is 0 Å². The molecule has 0 radical (unpaired) electrons.